The van der Waals surface area contributed by atoms with Gasteiger partial charge in [0, 0.05) is 17.3 Å². The number of nitrogens with zero attached hydrogens (tertiary/aromatic N) is 2. The highest BCUT2D eigenvalue weighted by Crippen LogP contribution is 2.22. The van der Waals surface area contributed by atoms with Gasteiger partial charge in [0.25, 0.3) is 0 Å². The molecule has 0 aliphatic rings. The minimum absolute atomic E-state index is 0.636. The molecule has 17 heavy (non-hydrogen) atoms. The van der Waals surface area contributed by atoms with E-state index in [-0.39, 0.29) is 0 Å². The molecule has 1 N–H and O–H groups in total. The summed E-state index contributed by atoms with van der Waals surface area (Å²) in [7, 11) is 0. The Kier molecular flexibility index (Phi) is 3.93. The van der Waals surface area contributed by atoms with Crippen LogP contribution in [0.2, 0.25) is 0 Å². The van der Waals surface area contributed by atoms with Crippen molar-refractivity contribution < 1.29 is 4.74 Å². The summed E-state index contributed by atoms with van der Waals surface area (Å²) in [6.07, 6.45) is 3.63. The molecule has 0 aromatic carbocycles. The van der Waals surface area contributed by atoms with Crippen LogP contribution in [0.4, 0.5) is 5.82 Å². The van der Waals surface area contributed by atoms with Gasteiger partial charge in [-0.2, -0.15) is 0 Å². The van der Waals surface area contributed by atoms with Crippen molar-refractivity contribution in [1.82, 2.24) is 9.97 Å². The Labute approximate surface area is 105 Å². The van der Waals surface area contributed by atoms with E-state index in [0.29, 0.717) is 13.2 Å². The summed E-state index contributed by atoms with van der Waals surface area (Å²) in [5, 5.41) is 4.29. The fraction of sp³-hybridized carbons (Fsp3) is 0.333. The lowest BCUT2D eigenvalue weighted by Gasteiger charge is -2.09. The molecule has 0 saturated heterocycles. The molecule has 0 fully saturated rings. The van der Waals surface area contributed by atoms with E-state index >= 15 is 0 Å². The SMILES string of the molecule is CCOc1cccnc1NCc1ncc(C)s1. The topological polar surface area (TPSA) is 47.0 Å². The summed E-state index contributed by atoms with van der Waals surface area (Å²) in [5.74, 6) is 1.55. The Balaban J connectivity index is 2.03. The van der Waals surface area contributed by atoms with Crippen LogP contribution in [0.25, 0.3) is 0 Å². The number of anilines is 1. The zero-order valence-corrected chi connectivity index (χ0v) is 10.8. The molecule has 2 rings (SSSR count). The third-order valence-electron chi connectivity index (χ3n) is 2.15. The Hall–Kier alpha value is -1.62. The van der Waals surface area contributed by atoms with Gasteiger partial charge in [-0.15, -0.1) is 11.3 Å². The first-order valence-corrected chi connectivity index (χ1v) is 6.34. The largest absolute Gasteiger partial charge is 0.490 e. The van der Waals surface area contributed by atoms with Crippen molar-refractivity contribution in [3.63, 3.8) is 0 Å². The molecular formula is C12H15N3OS. The van der Waals surface area contributed by atoms with E-state index in [1.807, 2.05) is 32.2 Å². The van der Waals surface area contributed by atoms with Crippen LogP contribution >= 0.6 is 11.3 Å². The summed E-state index contributed by atoms with van der Waals surface area (Å²) >= 11 is 1.68. The zero-order chi connectivity index (χ0) is 12.1. The third-order valence-corrected chi connectivity index (χ3v) is 3.06. The maximum atomic E-state index is 5.49. The lowest BCUT2D eigenvalue weighted by atomic mass is 10.4. The highest BCUT2D eigenvalue weighted by Gasteiger charge is 2.04. The molecule has 2 heterocycles. The van der Waals surface area contributed by atoms with Crippen LogP contribution in [-0.4, -0.2) is 16.6 Å². The Morgan fingerprint density at radius 1 is 1.41 bits per heavy atom. The molecule has 5 heteroatoms. The van der Waals surface area contributed by atoms with E-state index in [1.54, 1.807) is 17.5 Å². The fourth-order valence-corrected chi connectivity index (χ4v) is 2.16. The first-order valence-electron chi connectivity index (χ1n) is 5.52. The predicted molar refractivity (Wildman–Crippen MR) is 69.6 cm³/mol. The lowest BCUT2D eigenvalue weighted by molar-refractivity contribution is 0.340. The minimum Gasteiger partial charge on any atom is -0.490 e. The minimum atomic E-state index is 0.636. The van der Waals surface area contributed by atoms with Gasteiger partial charge >= 0.3 is 0 Å². The molecular weight excluding hydrogens is 234 g/mol. The second-order valence-electron chi connectivity index (χ2n) is 3.50. The van der Waals surface area contributed by atoms with E-state index in [1.165, 1.54) is 4.88 Å². The fourth-order valence-electron chi connectivity index (χ4n) is 1.44. The highest BCUT2D eigenvalue weighted by atomic mass is 32.1. The number of pyridine rings is 1. The molecule has 0 unspecified atom stereocenters. The van der Waals surface area contributed by atoms with Crippen LogP contribution in [-0.2, 0) is 6.54 Å². The summed E-state index contributed by atoms with van der Waals surface area (Å²) in [6.45, 7) is 5.32. The van der Waals surface area contributed by atoms with E-state index in [9.17, 15) is 0 Å². The molecule has 90 valence electrons. The molecule has 0 radical (unpaired) electrons. The Morgan fingerprint density at radius 2 is 2.29 bits per heavy atom. The Bertz CT molecular complexity index is 484. The molecule has 0 atom stereocenters. The van der Waals surface area contributed by atoms with Crippen LogP contribution in [0, 0.1) is 6.92 Å². The smallest absolute Gasteiger partial charge is 0.169 e. The van der Waals surface area contributed by atoms with E-state index in [0.717, 1.165) is 16.6 Å². The summed E-state index contributed by atoms with van der Waals surface area (Å²) in [5.41, 5.74) is 0. The number of nitrogens with one attached hydrogen (secondary N) is 1. The average molecular weight is 249 g/mol. The Morgan fingerprint density at radius 3 is 3.00 bits per heavy atom. The third kappa shape index (κ3) is 3.17. The molecule has 0 amide bonds. The second-order valence-corrected chi connectivity index (χ2v) is 4.82. The number of ether oxygens (including phenoxy) is 1. The van der Waals surface area contributed by atoms with Gasteiger partial charge in [-0.1, -0.05) is 0 Å². The molecule has 4 nitrogen and oxygen atoms in total. The number of thiazole rings is 1. The number of aromatic nitrogens is 2. The molecule has 0 spiro atoms. The molecule has 2 aromatic rings. The first-order chi connectivity index (χ1) is 8.29. The summed E-state index contributed by atoms with van der Waals surface area (Å²) < 4.78 is 5.49. The molecule has 0 aliphatic heterocycles. The van der Waals surface area contributed by atoms with Crippen molar-refractivity contribution in [3.05, 3.63) is 34.4 Å². The van der Waals surface area contributed by atoms with E-state index < -0.39 is 0 Å². The van der Waals surface area contributed by atoms with Gasteiger partial charge in [0.2, 0.25) is 0 Å². The van der Waals surface area contributed by atoms with Gasteiger partial charge in [0.1, 0.15) is 5.01 Å². The van der Waals surface area contributed by atoms with Crippen LogP contribution in [0.5, 0.6) is 5.75 Å². The van der Waals surface area contributed by atoms with E-state index in [4.69, 9.17) is 4.74 Å². The standard InChI is InChI=1S/C12H15N3OS/c1-3-16-10-5-4-6-13-12(10)15-8-11-14-7-9(2)17-11/h4-7H,3,8H2,1-2H3,(H,13,15). The van der Waals surface area contributed by atoms with Crippen LogP contribution in [0.15, 0.2) is 24.5 Å². The first kappa shape index (κ1) is 11.9. The van der Waals surface area contributed by atoms with Gasteiger partial charge in [0.15, 0.2) is 11.6 Å². The normalized spacial score (nSPS) is 10.2. The maximum Gasteiger partial charge on any atom is 0.169 e. The molecule has 0 aliphatic carbocycles. The maximum absolute atomic E-state index is 5.49. The van der Waals surface area contributed by atoms with E-state index in [2.05, 4.69) is 15.3 Å². The van der Waals surface area contributed by atoms with Crippen molar-refractivity contribution in [2.45, 2.75) is 20.4 Å². The number of rotatable bonds is 5. The molecule has 2 aromatic heterocycles. The van der Waals surface area contributed by atoms with Gasteiger partial charge < -0.3 is 10.1 Å². The predicted octanol–water partition coefficient (Wildman–Crippen LogP) is 2.86. The summed E-state index contributed by atoms with van der Waals surface area (Å²) in [6, 6.07) is 3.77. The van der Waals surface area contributed by atoms with Crippen molar-refractivity contribution in [1.29, 1.82) is 0 Å². The summed E-state index contributed by atoms with van der Waals surface area (Å²) in [4.78, 5) is 9.77. The van der Waals surface area contributed by atoms with Gasteiger partial charge in [0.05, 0.1) is 13.2 Å². The second kappa shape index (κ2) is 5.63. The van der Waals surface area contributed by atoms with Crippen molar-refractivity contribution in [2.24, 2.45) is 0 Å². The van der Waals surface area contributed by atoms with Crippen LogP contribution in [0.3, 0.4) is 0 Å². The van der Waals surface area contributed by atoms with Crippen molar-refractivity contribution in [3.8, 4) is 5.75 Å². The van der Waals surface area contributed by atoms with Crippen LogP contribution < -0.4 is 10.1 Å². The monoisotopic (exact) mass is 249 g/mol. The zero-order valence-electron chi connectivity index (χ0n) is 9.93. The molecule has 0 saturated carbocycles. The average Bonchev–Trinajstić information content (AvgIpc) is 2.74. The number of hydrogen-bond donors (Lipinski definition) is 1. The number of aryl methyl sites for hydroxylation is 1. The highest BCUT2D eigenvalue weighted by molar-refractivity contribution is 7.11. The quantitative estimate of drug-likeness (QED) is 0.885. The lowest BCUT2D eigenvalue weighted by Crippen LogP contribution is -2.04. The van der Waals surface area contributed by atoms with Crippen LogP contribution in [0.1, 0.15) is 16.8 Å². The van der Waals surface area contributed by atoms with Gasteiger partial charge in [-0.3, -0.25) is 0 Å². The number of hydrogen-bond acceptors (Lipinski definition) is 5. The molecule has 0 bridgehead atoms. The van der Waals surface area contributed by atoms with Crippen molar-refractivity contribution >= 4 is 17.2 Å². The van der Waals surface area contributed by atoms with Crippen molar-refractivity contribution in [2.75, 3.05) is 11.9 Å². The van der Waals surface area contributed by atoms with Gasteiger partial charge in [-0.25, -0.2) is 9.97 Å². The van der Waals surface area contributed by atoms with Gasteiger partial charge in [-0.05, 0) is 26.0 Å².